The molecular formula is C20H22N2O5. The first-order chi connectivity index (χ1) is 12.9. The molecule has 1 atom stereocenters. The summed E-state index contributed by atoms with van der Waals surface area (Å²) < 4.78 is 4.87. The van der Waals surface area contributed by atoms with E-state index in [1.165, 1.54) is 11.6 Å². The van der Waals surface area contributed by atoms with Crippen molar-refractivity contribution < 1.29 is 19.2 Å². The highest BCUT2D eigenvalue weighted by atomic mass is 16.6. The van der Waals surface area contributed by atoms with E-state index in [1.54, 1.807) is 6.92 Å². The van der Waals surface area contributed by atoms with Crippen molar-refractivity contribution in [2.45, 2.75) is 26.2 Å². The van der Waals surface area contributed by atoms with E-state index in [0.717, 1.165) is 18.6 Å². The van der Waals surface area contributed by atoms with Crippen molar-refractivity contribution in [3.63, 3.8) is 0 Å². The van der Waals surface area contributed by atoms with Gasteiger partial charge in [0.15, 0.2) is 0 Å². The summed E-state index contributed by atoms with van der Waals surface area (Å²) in [5.74, 6) is -0.913. The van der Waals surface area contributed by atoms with E-state index >= 15 is 0 Å². The first kappa shape index (κ1) is 20.1. The molecule has 1 unspecified atom stereocenters. The van der Waals surface area contributed by atoms with Gasteiger partial charge >= 0.3 is 5.97 Å². The van der Waals surface area contributed by atoms with Gasteiger partial charge in [0.05, 0.1) is 17.1 Å². The van der Waals surface area contributed by atoms with Crippen LogP contribution in [0, 0.1) is 10.1 Å². The molecule has 0 spiro atoms. The Morgan fingerprint density at radius 2 is 1.81 bits per heavy atom. The van der Waals surface area contributed by atoms with Gasteiger partial charge in [-0.05, 0) is 30.9 Å². The number of carbonyl (C=O) groups excluding carboxylic acids is 2. The predicted molar refractivity (Wildman–Crippen MR) is 101 cm³/mol. The maximum atomic E-state index is 12.4. The maximum Gasteiger partial charge on any atom is 0.338 e. The van der Waals surface area contributed by atoms with Gasteiger partial charge in [-0.25, -0.2) is 4.79 Å². The molecule has 0 aliphatic rings. The van der Waals surface area contributed by atoms with Crippen molar-refractivity contribution in [3.05, 3.63) is 75.3 Å². The third-order valence-electron chi connectivity index (χ3n) is 4.13. The van der Waals surface area contributed by atoms with E-state index in [2.05, 4.69) is 12.2 Å². The van der Waals surface area contributed by atoms with E-state index in [0.29, 0.717) is 6.54 Å². The largest absolute Gasteiger partial charge is 0.462 e. The third kappa shape index (κ3) is 5.64. The van der Waals surface area contributed by atoms with Crippen LogP contribution in [0.5, 0.6) is 0 Å². The van der Waals surface area contributed by atoms with Gasteiger partial charge in [0.1, 0.15) is 0 Å². The summed E-state index contributed by atoms with van der Waals surface area (Å²) in [5.41, 5.74) is 0.878. The number of nitro benzene ring substituents is 1. The van der Waals surface area contributed by atoms with Crippen molar-refractivity contribution in [2.75, 3.05) is 13.2 Å². The molecule has 7 nitrogen and oxygen atoms in total. The summed E-state index contributed by atoms with van der Waals surface area (Å²) in [7, 11) is 0. The molecule has 0 aromatic heterocycles. The lowest BCUT2D eigenvalue weighted by Gasteiger charge is -2.12. The molecule has 0 saturated carbocycles. The normalized spacial score (nSPS) is 11.5. The Balaban J connectivity index is 2.06. The number of nitro groups is 1. The minimum atomic E-state index is -0.701. The zero-order valence-corrected chi connectivity index (χ0v) is 15.3. The molecule has 0 aliphatic carbocycles. The van der Waals surface area contributed by atoms with Gasteiger partial charge in [-0.3, -0.25) is 14.9 Å². The second-order valence-corrected chi connectivity index (χ2v) is 6.10. The van der Waals surface area contributed by atoms with Gasteiger partial charge in [-0.2, -0.15) is 0 Å². The summed E-state index contributed by atoms with van der Waals surface area (Å²) in [5, 5.41) is 13.8. The van der Waals surface area contributed by atoms with Gasteiger partial charge in [0, 0.05) is 24.2 Å². The highest BCUT2D eigenvalue weighted by molar-refractivity contribution is 5.99. The van der Waals surface area contributed by atoms with E-state index in [9.17, 15) is 19.7 Å². The van der Waals surface area contributed by atoms with Crippen LogP contribution >= 0.6 is 0 Å². The first-order valence-corrected chi connectivity index (χ1v) is 8.72. The number of amides is 1. The van der Waals surface area contributed by atoms with Crippen LogP contribution in [-0.4, -0.2) is 30.0 Å². The molecule has 0 saturated heterocycles. The van der Waals surface area contributed by atoms with E-state index in [4.69, 9.17) is 4.74 Å². The van der Waals surface area contributed by atoms with Crippen molar-refractivity contribution in [3.8, 4) is 0 Å². The predicted octanol–water partition coefficient (Wildman–Crippen LogP) is 3.70. The average molecular weight is 370 g/mol. The minimum Gasteiger partial charge on any atom is -0.462 e. The lowest BCUT2D eigenvalue weighted by Crippen LogP contribution is -2.25. The molecule has 0 aliphatic heterocycles. The molecule has 7 heteroatoms. The Hall–Kier alpha value is -3.22. The Bertz CT molecular complexity index is 820. The van der Waals surface area contributed by atoms with Crippen LogP contribution < -0.4 is 5.32 Å². The number of benzene rings is 2. The van der Waals surface area contributed by atoms with Crippen LogP contribution in [0.2, 0.25) is 0 Å². The molecule has 0 bridgehead atoms. The van der Waals surface area contributed by atoms with Crippen molar-refractivity contribution in [1.82, 2.24) is 5.32 Å². The number of rotatable bonds is 8. The molecular weight excluding hydrogens is 348 g/mol. The minimum absolute atomic E-state index is 0.0196. The summed E-state index contributed by atoms with van der Waals surface area (Å²) in [6.07, 6.45) is 0.718. The van der Waals surface area contributed by atoms with Crippen LogP contribution in [0.25, 0.3) is 0 Å². The Kier molecular flexibility index (Phi) is 7.05. The molecule has 27 heavy (non-hydrogen) atoms. The second-order valence-electron chi connectivity index (χ2n) is 6.10. The number of hydrogen-bond acceptors (Lipinski definition) is 5. The topological polar surface area (TPSA) is 98.5 Å². The number of esters is 1. The Morgan fingerprint density at radius 3 is 2.44 bits per heavy atom. The molecule has 1 amide bonds. The van der Waals surface area contributed by atoms with Crippen molar-refractivity contribution >= 4 is 17.6 Å². The highest BCUT2D eigenvalue weighted by Crippen LogP contribution is 2.20. The average Bonchev–Trinajstić information content (AvgIpc) is 2.68. The maximum absolute atomic E-state index is 12.4. The van der Waals surface area contributed by atoms with Crippen LogP contribution in [0.4, 0.5) is 5.69 Å². The zero-order valence-electron chi connectivity index (χ0n) is 15.3. The van der Waals surface area contributed by atoms with E-state index < -0.39 is 16.8 Å². The number of non-ortho nitro benzene ring substituents is 1. The van der Waals surface area contributed by atoms with Gasteiger partial charge in [-0.1, -0.05) is 37.3 Å². The molecule has 142 valence electrons. The zero-order chi connectivity index (χ0) is 19.8. The van der Waals surface area contributed by atoms with Gasteiger partial charge in [-0.15, -0.1) is 0 Å². The SMILES string of the molecule is CCOC(=O)c1cc(C(=O)NCCC(C)c2ccccc2)cc([N+](=O)[O-])c1. The molecule has 2 aromatic carbocycles. The molecule has 1 N–H and O–H groups in total. The Morgan fingerprint density at radius 1 is 1.15 bits per heavy atom. The summed E-state index contributed by atoms with van der Waals surface area (Å²) in [6.45, 7) is 4.25. The van der Waals surface area contributed by atoms with Gasteiger partial charge in [0.25, 0.3) is 11.6 Å². The first-order valence-electron chi connectivity index (χ1n) is 8.72. The van der Waals surface area contributed by atoms with Crippen LogP contribution in [0.3, 0.4) is 0 Å². The van der Waals surface area contributed by atoms with Crippen LogP contribution in [0.15, 0.2) is 48.5 Å². The fourth-order valence-electron chi connectivity index (χ4n) is 2.63. The molecule has 0 heterocycles. The van der Waals surface area contributed by atoms with Crippen molar-refractivity contribution in [2.24, 2.45) is 0 Å². The fourth-order valence-corrected chi connectivity index (χ4v) is 2.63. The summed E-state index contributed by atoms with van der Waals surface area (Å²) in [4.78, 5) is 34.7. The molecule has 2 aromatic rings. The number of nitrogens with zero attached hydrogens (tertiary/aromatic N) is 1. The van der Waals surface area contributed by atoms with E-state index in [1.807, 2.05) is 30.3 Å². The molecule has 2 rings (SSSR count). The monoisotopic (exact) mass is 370 g/mol. The van der Waals surface area contributed by atoms with Crippen LogP contribution in [0.1, 0.15) is 52.5 Å². The number of carbonyl (C=O) groups is 2. The number of hydrogen-bond donors (Lipinski definition) is 1. The standard InChI is InChI=1S/C20H22N2O5/c1-3-27-20(24)17-11-16(12-18(13-17)22(25)26)19(23)21-10-9-14(2)15-7-5-4-6-8-15/h4-8,11-14H,3,9-10H2,1-2H3,(H,21,23). The smallest absolute Gasteiger partial charge is 0.338 e. The summed E-state index contributed by atoms with van der Waals surface area (Å²) >= 11 is 0. The van der Waals surface area contributed by atoms with Gasteiger partial charge < -0.3 is 10.1 Å². The van der Waals surface area contributed by atoms with Crippen LogP contribution in [-0.2, 0) is 4.74 Å². The highest BCUT2D eigenvalue weighted by Gasteiger charge is 2.18. The molecule has 0 radical (unpaired) electrons. The number of ether oxygens (including phenoxy) is 1. The lowest BCUT2D eigenvalue weighted by atomic mass is 9.98. The quantitative estimate of drug-likeness (QED) is 0.434. The Labute approximate surface area is 157 Å². The fraction of sp³-hybridized carbons (Fsp3) is 0.300. The third-order valence-corrected chi connectivity index (χ3v) is 4.13. The van der Waals surface area contributed by atoms with E-state index in [-0.39, 0.29) is 29.3 Å². The molecule has 0 fully saturated rings. The van der Waals surface area contributed by atoms with Gasteiger partial charge in [0.2, 0.25) is 0 Å². The number of nitrogens with one attached hydrogen (secondary N) is 1. The van der Waals surface area contributed by atoms with Crippen molar-refractivity contribution in [1.29, 1.82) is 0 Å². The lowest BCUT2D eigenvalue weighted by molar-refractivity contribution is -0.384. The second kappa shape index (κ2) is 9.47. The summed E-state index contributed by atoms with van der Waals surface area (Å²) in [6, 6.07) is 13.5.